The van der Waals surface area contributed by atoms with Gasteiger partial charge >= 0.3 is 6.18 Å². The molecule has 0 aromatic carbocycles. The molecule has 3 N–H and O–H groups in total. The largest absolute Gasteiger partial charge is 0.477 e. The third kappa shape index (κ3) is 4.71. The number of aromatic nitrogens is 1. The molecule has 0 spiro atoms. The number of hydrogen-bond donors (Lipinski definition) is 2. The van der Waals surface area contributed by atoms with Gasteiger partial charge in [-0.05, 0) is 18.6 Å². The van der Waals surface area contributed by atoms with Gasteiger partial charge in [0.2, 0.25) is 5.88 Å². The zero-order valence-electron chi connectivity index (χ0n) is 11.3. The van der Waals surface area contributed by atoms with Gasteiger partial charge in [-0.3, -0.25) is 5.41 Å². The van der Waals surface area contributed by atoms with Crippen molar-refractivity contribution in [2.75, 3.05) is 6.61 Å². The Morgan fingerprint density at radius 2 is 2.00 bits per heavy atom. The molecular weight excluding hydrogens is 271 g/mol. The summed E-state index contributed by atoms with van der Waals surface area (Å²) in [4.78, 5) is 3.41. The minimum atomic E-state index is -4.55. The molecule has 112 valence electrons. The van der Waals surface area contributed by atoms with Crippen LogP contribution in [0.15, 0.2) is 12.1 Å². The Bertz CT molecular complexity index is 461. The second kappa shape index (κ2) is 7.12. The maximum atomic E-state index is 12.6. The van der Waals surface area contributed by atoms with Gasteiger partial charge in [0.1, 0.15) is 11.5 Å². The van der Waals surface area contributed by atoms with E-state index < -0.39 is 11.9 Å². The summed E-state index contributed by atoms with van der Waals surface area (Å²) in [5.74, 6) is -0.599. The van der Waals surface area contributed by atoms with Crippen LogP contribution < -0.4 is 10.5 Å². The van der Waals surface area contributed by atoms with Crippen molar-refractivity contribution >= 4 is 5.84 Å². The van der Waals surface area contributed by atoms with Gasteiger partial charge in [-0.2, -0.15) is 13.2 Å². The van der Waals surface area contributed by atoms with Crippen LogP contribution in [0.1, 0.15) is 43.9 Å². The lowest BCUT2D eigenvalue weighted by Crippen LogP contribution is -2.17. The fourth-order valence-corrected chi connectivity index (χ4v) is 1.61. The van der Waals surface area contributed by atoms with Gasteiger partial charge in [0.25, 0.3) is 0 Å². The van der Waals surface area contributed by atoms with Crippen molar-refractivity contribution in [2.45, 2.75) is 38.8 Å². The molecule has 0 bridgehead atoms. The summed E-state index contributed by atoms with van der Waals surface area (Å²) in [5, 5.41) is 7.33. The monoisotopic (exact) mass is 289 g/mol. The number of nitrogens with two attached hydrogens (primary N) is 1. The van der Waals surface area contributed by atoms with E-state index in [1.807, 2.05) is 0 Å². The van der Waals surface area contributed by atoms with E-state index in [1.54, 1.807) is 0 Å². The fraction of sp³-hybridized carbons (Fsp3) is 0.538. The normalized spacial score (nSPS) is 11.4. The van der Waals surface area contributed by atoms with Crippen LogP contribution in [0.25, 0.3) is 0 Å². The van der Waals surface area contributed by atoms with Gasteiger partial charge in [-0.15, -0.1) is 0 Å². The molecule has 1 rings (SSSR count). The van der Waals surface area contributed by atoms with E-state index in [2.05, 4.69) is 11.9 Å². The predicted octanol–water partition coefficient (Wildman–Crippen LogP) is 3.34. The smallest absolute Gasteiger partial charge is 0.433 e. The molecule has 0 aliphatic carbocycles. The van der Waals surface area contributed by atoms with E-state index in [0.29, 0.717) is 0 Å². The second-order valence-corrected chi connectivity index (χ2v) is 4.37. The molecule has 7 heteroatoms. The number of ether oxygens (including phenoxy) is 1. The van der Waals surface area contributed by atoms with Crippen LogP contribution in [-0.4, -0.2) is 17.4 Å². The highest BCUT2D eigenvalue weighted by molar-refractivity contribution is 5.97. The summed E-state index contributed by atoms with van der Waals surface area (Å²) < 4.78 is 43.0. The number of nitrogens with one attached hydrogen (secondary N) is 1. The van der Waals surface area contributed by atoms with Crippen LogP contribution in [0.5, 0.6) is 5.88 Å². The third-order valence-corrected chi connectivity index (χ3v) is 2.68. The Balaban J connectivity index is 2.81. The van der Waals surface area contributed by atoms with Gasteiger partial charge in [0, 0.05) is 0 Å². The molecule has 0 unspecified atom stereocenters. The van der Waals surface area contributed by atoms with E-state index in [4.69, 9.17) is 15.9 Å². The first-order valence-corrected chi connectivity index (χ1v) is 6.41. The lowest BCUT2D eigenvalue weighted by molar-refractivity contribution is -0.141. The van der Waals surface area contributed by atoms with E-state index >= 15 is 0 Å². The average Bonchev–Trinajstić information content (AvgIpc) is 2.37. The first-order chi connectivity index (χ1) is 9.36. The quantitative estimate of drug-likeness (QED) is 0.459. The number of rotatable bonds is 7. The molecule has 0 atom stereocenters. The fourth-order valence-electron chi connectivity index (χ4n) is 1.61. The van der Waals surface area contributed by atoms with Gasteiger partial charge < -0.3 is 10.5 Å². The Kier molecular flexibility index (Phi) is 5.79. The molecule has 4 nitrogen and oxygen atoms in total. The first-order valence-electron chi connectivity index (χ1n) is 6.41. The van der Waals surface area contributed by atoms with Crippen LogP contribution in [0.3, 0.4) is 0 Å². The van der Waals surface area contributed by atoms with Crippen molar-refractivity contribution in [1.29, 1.82) is 5.41 Å². The number of nitrogens with zero attached hydrogens (tertiary/aromatic N) is 1. The van der Waals surface area contributed by atoms with Crippen molar-refractivity contribution in [3.63, 3.8) is 0 Å². The molecule has 0 amide bonds. The van der Waals surface area contributed by atoms with Crippen LogP contribution >= 0.6 is 0 Å². The van der Waals surface area contributed by atoms with Gasteiger partial charge in [0.05, 0.1) is 12.2 Å². The van der Waals surface area contributed by atoms with Crippen LogP contribution in [0, 0.1) is 5.41 Å². The summed E-state index contributed by atoms with van der Waals surface area (Å²) in [6.07, 6.45) is -0.789. The molecule has 20 heavy (non-hydrogen) atoms. The van der Waals surface area contributed by atoms with Crippen LogP contribution in [0.2, 0.25) is 0 Å². The Morgan fingerprint density at radius 1 is 1.30 bits per heavy atom. The Labute approximate surface area is 115 Å². The number of halogens is 3. The van der Waals surface area contributed by atoms with E-state index in [9.17, 15) is 13.2 Å². The first kappa shape index (κ1) is 16.3. The molecule has 0 aliphatic heterocycles. The van der Waals surface area contributed by atoms with Crippen molar-refractivity contribution in [3.8, 4) is 5.88 Å². The van der Waals surface area contributed by atoms with Crippen molar-refractivity contribution in [3.05, 3.63) is 23.4 Å². The van der Waals surface area contributed by atoms with Crippen molar-refractivity contribution < 1.29 is 17.9 Å². The van der Waals surface area contributed by atoms with E-state index in [-0.39, 0.29) is 23.9 Å². The van der Waals surface area contributed by atoms with Gasteiger partial charge in [0.15, 0.2) is 0 Å². The molecule has 0 saturated heterocycles. The molecule has 0 aliphatic rings. The summed E-state index contributed by atoms with van der Waals surface area (Å²) in [5.41, 5.74) is 4.34. The lowest BCUT2D eigenvalue weighted by Gasteiger charge is -2.12. The average molecular weight is 289 g/mol. The zero-order chi connectivity index (χ0) is 15.2. The van der Waals surface area contributed by atoms with Crippen molar-refractivity contribution in [1.82, 2.24) is 4.98 Å². The highest BCUT2D eigenvalue weighted by atomic mass is 19.4. The van der Waals surface area contributed by atoms with E-state index in [0.717, 1.165) is 37.8 Å². The van der Waals surface area contributed by atoms with Gasteiger partial charge in [-0.1, -0.05) is 26.2 Å². The molecule has 0 fully saturated rings. The molecular formula is C13H18F3N3O. The molecule has 1 heterocycles. The minimum Gasteiger partial charge on any atom is -0.477 e. The highest BCUT2D eigenvalue weighted by Gasteiger charge is 2.33. The maximum absolute atomic E-state index is 12.6. The minimum absolute atomic E-state index is 0.0773. The third-order valence-electron chi connectivity index (χ3n) is 2.68. The summed E-state index contributed by atoms with van der Waals surface area (Å²) in [6, 6.07) is 1.90. The Hall–Kier alpha value is -1.79. The van der Waals surface area contributed by atoms with Gasteiger partial charge in [-0.25, -0.2) is 4.98 Å². The summed E-state index contributed by atoms with van der Waals surface area (Å²) in [7, 11) is 0. The molecule has 1 aromatic heterocycles. The number of nitrogen functional groups attached to an aromatic ring is 1. The number of alkyl halides is 3. The standard InChI is InChI=1S/C13H18F3N3O/c1-2-3-4-5-8-20-12-9(11(17)18)6-7-10(19-12)13(14,15)16/h6-7H,2-5,8H2,1H3,(H3,17,18). The summed E-state index contributed by atoms with van der Waals surface area (Å²) >= 11 is 0. The molecule has 1 aromatic rings. The number of pyridine rings is 1. The highest BCUT2D eigenvalue weighted by Crippen LogP contribution is 2.30. The van der Waals surface area contributed by atoms with Crippen LogP contribution in [0.4, 0.5) is 13.2 Å². The van der Waals surface area contributed by atoms with Crippen LogP contribution in [-0.2, 0) is 6.18 Å². The number of unbranched alkanes of at least 4 members (excludes halogenated alkanes) is 3. The molecule has 0 radical (unpaired) electrons. The summed E-state index contributed by atoms with van der Waals surface area (Å²) in [6.45, 7) is 2.32. The Morgan fingerprint density at radius 3 is 2.55 bits per heavy atom. The zero-order valence-corrected chi connectivity index (χ0v) is 11.3. The topological polar surface area (TPSA) is 72.0 Å². The number of hydrogen-bond acceptors (Lipinski definition) is 3. The second-order valence-electron chi connectivity index (χ2n) is 4.37. The maximum Gasteiger partial charge on any atom is 0.433 e. The lowest BCUT2D eigenvalue weighted by atomic mass is 10.2. The number of amidine groups is 1. The molecule has 0 saturated carbocycles. The predicted molar refractivity (Wildman–Crippen MR) is 69.9 cm³/mol. The van der Waals surface area contributed by atoms with E-state index in [1.165, 1.54) is 0 Å². The van der Waals surface area contributed by atoms with Crippen molar-refractivity contribution in [2.24, 2.45) is 5.73 Å². The SMILES string of the molecule is CCCCCCOc1nc(C(F)(F)F)ccc1C(=N)N.